The van der Waals surface area contributed by atoms with E-state index in [1.54, 1.807) is 0 Å². The molecule has 0 aliphatic carbocycles. The van der Waals surface area contributed by atoms with Gasteiger partial charge in [0.05, 0.1) is 6.42 Å². The van der Waals surface area contributed by atoms with E-state index in [1.807, 2.05) is 30.1 Å². The number of carbonyl (C=O) groups is 1. The Hall–Kier alpha value is -1.25. The Labute approximate surface area is 84.4 Å². The van der Waals surface area contributed by atoms with Crippen molar-refractivity contribution in [3.8, 4) is 0 Å². The molecule has 0 saturated carbocycles. The van der Waals surface area contributed by atoms with E-state index in [2.05, 4.69) is 13.8 Å². The first-order chi connectivity index (χ1) is 6.50. The maximum atomic E-state index is 10.7. The Morgan fingerprint density at radius 3 is 2.57 bits per heavy atom. The second kappa shape index (κ2) is 4.31. The van der Waals surface area contributed by atoms with Crippen molar-refractivity contribution in [3.05, 3.63) is 24.0 Å². The van der Waals surface area contributed by atoms with Gasteiger partial charge in [0, 0.05) is 19.4 Å². The molecule has 1 atom stereocenters. The molecular formula is C11H17NO2. The molecule has 0 aromatic carbocycles. The van der Waals surface area contributed by atoms with Crippen molar-refractivity contribution in [2.45, 2.75) is 26.2 Å². The van der Waals surface area contributed by atoms with Gasteiger partial charge in [0.1, 0.15) is 0 Å². The second-order valence-electron chi connectivity index (χ2n) is 4.06. The molecule has 0 aliphatic rings. The summed E-state index contributed by atoms with van der Waals surface area (Å²) in [5.74, 6) is -0.255. The number of aromatic nitrogens is 1. The SMILES string of the molecule is CC(C)C(CC(=O)O)c1ccn(C)c1. The molecule has 1 N–H and O–H groups in total. The number of hydrogen-bond acceptors (Lipinski definition) is 1. The Morgan fingerprint density at radius 2 is 2.21 bits per heavy atom. The van der Waals surface area contributed by atoms with Crippen LogP contribution in [0.25, 0.3) is 0 Å². The van der Waals surface area contributed by atoms with Crippen LogP contribution in [-0.2, 0) is 11.8 Å². The van der Waals surface area contributed by atoms with Gasteiger partial charge in [-0.15, -0.1) is 0 Å². The van der Waals surface area contributed by atoms with Crippen LogP contribution in [0, 0.1) is 5.92 Å². The zero-order chi connectivity index (χ0) is 10.7. The van der Waals surface area contributed by atoms with Gasteiger partial charge in [0.25, 0.3) is 0 Å². The summed E-state index contributed by atoms with van der Waals surface area (Å²) in [5, 5.41) is 8.79. The van der Waals surface area contributed by atoms with Gasteiger partial charge in [-0.2, -0.15) is 0 Å². The molecule has 1 rings (SSSR count). The zero-order valence-corrected chi connectivity index (χ0v) is 8.90. The molecule has 0 bridgehead atoms. The lowest BCUT2D eigenvalue weighted by molar-refractivity contribution is -0.137. The highest BCUT2D eigenvalue weighted by Crippen LogP contribution is 2.27. The lowest BCUT2D eigenvalue weighted by atomic mass is 9.87. The first-order valence-electron chi connectivity index (χ1n) is 4.84. The molecule has 1 aromatic rings. The van der Waals surface area contributed by atoms with Crippen LogP contribution in [0.3, 0.4) is 0 Å². The fraction of sp³-hybridized carbons (Fsp3) is 0.545. The lowest BCUT2D eigenvalue weighted by Crippen LogP contribution is -2.11. The van der Waals surface area contributed by atoms with Crippen LogP contribution < -0.4 is 0 Å². The fourth-order valence-electron chi connectivity index (χ4n) is 1.67. The van der Waals surface area contributed by atoms with Gasteiger partial charge in [-0.25, -0.2) is 0 Å². The van der Waals surface area contributed by atoms with E-state index >= 15 is 0 Å². The molecule has 0 saturated heterocycles. The van der Waals surface area contributed by atoms with Gasteiger partial charge in [-0.1, -0.05) is 13.8 Å². The minimum atomic E-state index is -0.729. The number of carboxylic acids is 1. The van der Waals surface area contributed by atoms with E-state index in [0.717, 1.165) is 5.56 Å². The summed E-state index contributed by atoms with van der Waals surface area (Å²) in [5.41, 5.74) is 1.12. The van der Waals surface area contributed by atoms with E-state index in [-0.39, 0.29) is 12.3 Å². The normalized spacial score (nSPS) is 13.1. The van der Waals surface area contributed by atoms with E-state index in [9.17, 15) is 4.79 Å². The van der Waals surface area contributed by atoms with Gasteiger partial charge >= 0.3 is 5.97 Å². The Bertz CT molecular complexity index is 315. The van der Waals surface area contributed by atoms with Gasteiger partial charge in [0.2, 0.25) is 0 Å². The van der Waals surface area contributed by atoms with Gasteiger partial charge in [-0.05, 0) is 23.5 Å². The minimum absolute atomic E-state index is 0.119. The van der Waals surface area contributed by atoms with E-state index in [0.29, 0.717) is 5.92 Å². The summed E-state index contributed by atoms with van der Waals surface area (Å²) in [4.78, 5) is 10.7. The van der Waals surface area contributed by atoms with Crippen molar-refractivity contribution < 1.29 is 9.90 Å². The fourth-order valence-corrected chi connectivity index (χ4v) is 1.67. The summed E-state index contributed by atoms with van der Waals surface area (Å²) in [6, 6.07) is 1.99. The van der Waals surface area contributed by atoms with Crippen molar-refractivity contribution in [2.75, 3.05) is 0 Å². The third-order valence-corrected chi connectivity index (χ3v) is 2.48. The third kappa shape index (κ3) is 2.62. The summed E-state index contributed by atoms with van der Waals surface area (Å²) in [7, 11) is 1.95. The maximum Gasteiger partial charge on any atom is 0.303 e. The van der Waals surface area contributed by atoms with Crippen molar-refractivity contribution in [1.82, 2.24) is 4.57 Å². The molecule has 14 heavy (non-hydrogen) atoms. The van der Waals surface area contributed by atoms with E-state index in [1.165, 1.54) is 0 Å². The van der Waals surface area contributed by atoms with Gasteiger partial charge in [-0.3, -0.25) is 4.79 Å². The van der Waals surface area contributed by atoms with Crippen LogP contribution in [0.2, 0.25) is 0 Å². The number of aryl methyl sites for hydroxylation is 1. The average Bonchev–Trinajstić information content (AvgIpc) is 2.46. The van der Waals surface area contributed by atoms with Gasteiger partial charge in [0.15, 0.2) is 0 Å². The van der Waals surface area contributed by atoms with E-state index in [4.69, 9.17) is 5.11 Å². The second-order valence-corrected chi connectivity index (χ2v) is 4.06. The van der Waals surface area contributed by atoms with Crippen molar-refractivity contribution in [1.29, 1.82) is 0 Å². The first-order valence-corrected chi connectivity index (χ1v) is 4.84. The predicted octanol–water partition coefficient (Wildman–Crippen LogP) is 2.24. The number of aliphatic carboxylic acids is 1. The van der Waals surface area contributed by atoms with Gasteiger partial charge < -0.3 is 9.67 Å². The van der Waals surface area contributed by atoms with Crippen molar-refractivity contribution in [2.24, 2.45) is 13.0 Å². The Balaban J connectivity index is 2.82. The molecule has 0 fully saturated rings. The number of carboxylic acid groups (broad SMARTS) is 1. The minimum Gasteiger partial charge on any atom is -0.481 e. The third-order valence-electron chi connectivity index (χ3n) is 2.48. The van der Waals surface area contributed by atoms with Crippen LogP contribution in [0.5, 0.6) is 0 Å². The lowest BCUT2D eigenvalue weighted by Gasteiger charge is -2.17. The molecule has 0 radical (unpaired) electrons. The highest BCUT2D eigenvalue weighted by atomic mass is 16.4. The Morgan fingerprint density at radius 1 is 1.57 bits per heavy atom. The molecular weight excluding hydrogens is 178 g/mol. The van der Waals surface area contributed by atoms with Crippen molar-refractivity contribution >= 4 is 5.97 Å². The summed E-state index contributed by atoms with van der Waals surface area (Å²) in [6.45, 7) is 4.11. The molecule has 0 aliphatic heterocycles. The molecule has 3 nitrogen and oxygen atoms in total. The van der Waals surface area contributed by atoms with Crippen LogP contribution in [0.1, 0.15) is 31.7 Å². The largest absolute Gasteiger partial charge is 0.481 e. The number of rotatable bonds is 4. The standard InChI is InChI=1S/C11H17NO2/c1-8(2)10(6-11(13)14)9-4-5-12(3)7-9/h4-5,7-8,10H,6H2,1-3H3,(H,13,14). The highest BCUT2D eigenvalue weighted by molar-refractivity contribution is 5.68. The van der Waals surface area contributed by atoms with E-state index < -0.39 is 5.97 Å². The monoisotopic (exact) mass is 195 g/mol. The topological polar surface area (TPSA) is 42.2 Å². The van der Waals surface area contributed by atoms with Crippen LogP contribution >= 0.6 is 0 Å². The molecule has 1 heterocycles. The number of hydrogen-bond donors (Lipinski definition) is 1. The van der Waals surface area contributed by atoms with Crippen LogP contribution in [0.4, 0.5) is 0 Å². The molecule has 1 unspecified atom stereocenters. The molecule has 1 aromatic heterocycles. The Kier molecular flexibility index (Phi) is 3.33. The molecule has 0 spiro atoms. The molecule has 3 heteroatoms. The molecule has 78 valence electrons. The summed E-state index contributed by atoms with van der Waals surface area (Å²) < 4.78 is 1.95. The maximum absolute atomic E-state index is 10.7. The smallest absolute Gasteiger partial charge is 0.303 e. The molecule has 0 amide bonds. The zero-order valence-electron chi connectivity index (χ0n) is 8.90. The summed E-state index contributed by atoms with van der Waals surface area (Å²) in [6.07, 6.45) is 4.15. The predicted molar refractivity (Wildman–Crippen MR) is 55.2 cm³/mol. The number of nitrogens with zero attached hydrogens (tertiary/aromatic N) is 1. The van der Waals surface area contributed by atoms with Crippen LogP contribution in [-0.4, -0.2) is 15.6 Å². The van der Waals surface area contributed by atoms with Crippen LogP contribution in [0.15, 0.2) is 18.5 Å². The summed E-state index contributed by atoms with van der Waals surface area (Å²) >= 11 is 0. The highest BCUT2D eigenvalue weighted by Gasteiger charge is 2.19. The first kappa shape index (κ1) is 10.8. The quantitative estimate of drug-likeness (QED) is 0.800. The van der Waals surface area contributed by atoms with Crippen molar-refractivity contribution in [3.63, 3.8) is 0 Å². The average molecular weight is 195 g/mol.